The van der Waals surface area contributed by atoms with Gasteiger partial charge in [-0.25, -0.2) is 9.38 Å². The maximum absolute atomic E-state index is 12.6. The molecule has 3 heteroatoms. The van der Waals surface area contributed by atoms with Crippen LogP contribution in [0.3, 0.4) is 0 Å². The van der Waals surface area contributed by atoms with E-state index < -0.39 is 0 Å². The Morgan fingerprint density at radius 1 is 1.47 bits per heavy atom. The molecule has 80 valence electrons. The Balaban J connectivity index is 2.57. The molecule has 1 amide bonds. The Morgan fingerprint density at radius 3 is 2.60 bits per heavy atom. The van der Waals surface area contributed by atoms with Gasteiger partial charge >= 0.3 is 0 Å². The van der Waals surface area contributed by atoms with Gasteiger partial charge in [-0.1, -0.05) is 19.1 Å². The fraction of sp³-hybridized carbons (Fsp3) is 0.333. The van der Waals surface area contributed by atoms with Gasteiger partial charge in [0.05, 0.1) is 0 Å². The quantitative estimate of drug-likeness (QED) is 0.701. The fourth-order valence-corrected chi connectivity index (χ4v) is 1.27. The first-order chi connectivity index (χ1) is 7.09. The van der Waals surface area contributed by atoms with Gasteiger partial charge in [0.25, 0.3) is 0 Å². The molecule has 1 unspecified atom stereocenters. The first-order valence-electron chi connectivity index (χ1n) is 4.88. The highest BCUT2D eigenvalue weighted by atomic mass is 19.1. The van der Waals surface area contributed by atoms with E-state index in [4.69, 9.17) is 0 Å². The standard InChI is InChI=1S/C12H14FNO/c1-9(7-8-14-10(2)15)11-3-5-12(13)6-4-11/h3-6,8-9H,7H2,1-2H3. The van der Waals surface area contributed by atoms with E-state index in [1.807, 2.05) is 6.92 Å². The molecule has 1 atom stereocenters. The van der Waals surface area contributed by atoms with Crippen molar-refractivity contribution in [3.63, 3.8) is 0 Å². The lowest BCUT2D eigenvalue weighted by Crippen LogP contribution is -1.95. The summed E-state index contributed by atoms with van der Waals surface area (Å²) in [4.78, 5) is 14.2. The van der Waals surface area contributed by atoms with E-state index in [9.17, 15) is 9.18 Å². The van der Waals surface area contributed by atoms with Crippen molar-refractivity contribution in [3.05, 3.63) is 35.6 Å². The summed E-state index contributed by atoms with van der Waals surface area (Å²) in [6.07, 6.45) is 2.29. The van der Waals surface area contributed by atoms with Gasteiger partial charge < -0.3 is 0 Å². The van der Waals surface area contributed by atoms with Crippen molar-refractivity contribution < 1.29 is 9.18 Å². The van der Waals surface area contributed by atoms with Gasteiger partial charge in [0.2, 0.25) is 5.91 Å². The second-order valence-electron chi connectivity index (χ2n) is 3.52. The van der Waals surface area contributed by atoms with E-state index in [0.717, 1.165) is 5.56 Å². The Morgan fingerprint density at radius 2 is 2.07 bits per heavy atom. The molecule has 1 rings (SSSR count). The lowest BCUT2D eigenvalue weighted by atomic mass is 9.98. The predicted molar refractivity (Wildman–Crippen MR) is 58.6 cm³/mol. The molecular weight excluding hydrogens is 193 g/mol. The normalized spacial score (nSPS) is 13.0. The molecule has 2 nitrogen and oxygen atoms in total. The summed E-state index contributed by atoms with van der Waals surface area (Å²) in [5, 5.41) is 0. The van der Waals surface area contributed by atoms with E-state index in [1.165, 1.54) is 19.1 Å². The van der Waals surface area contributed by atoms with Gasteiger partial charge in [-0.2, -0.15) is 0 Å². The third-order valence-corrected chi connectivity index (χ3v) is 2.17. The topological polar surface area (TPSA) is 29.4 Å². The van der Waals surface area contributed by atoms with Crippen LogP contribution in [0.25, 0.3) is 0 Å². The largest absolute Gasteiger partial charge is 0.273 e. The fourth-order valence-electron chi connectivity index (χ4n) is 1.27. The number of nitrogens with zero attached hydrogens (tertiary/aromatic N) is 1. The number of benzene rings is 1. The van der Waals surface area contributed by atoms with Crippen LogP contribution in [0.2, 0.25) is 0 Å². The molecule has 0 aliphatic rings. The van der Waals surface area contributed by atoms with Gasteiger partial charge in [-0.3, -0.25) is 4.79 Å². The summed E-state index contributed by atoms with van der Waals surface area (Å²) in [5.41, 5.74) is 1.05. The zero-order chi connectivity index (χ0) is 11.3. The minimum absolute atomic E-state index is 0.193. The van der Waals surface area contributed by atoms with Crippen LogP contribution in [0.1, 0.15) is 31.7 Å². The molecule has 0 aliphatic heterocycles. The number of carbonyl (C=O) groups excluding carboxylic acids is 1. The van der Waals surface area contributed by atoms with Crippen molar-refractivity contribution in [1.82, 2.24) is 0 Å². The van der Waals surface area contributed by atoms with Gasteiger partial charge in [0.1, 0.15) is 5.82 Å². The maximum Gasteiger partial charge on any atom is 0.242 e. The number of aliphatic imine (C=N–C) groups is 1. The second-order valence-corrected chi connectivity index (χ2v) is 3.52. The van der Waals surface area contributed by atoms with E-state index in [0.29, 0.717) is 6.42 Å². The molecule has 0 radical (unpaired) electrons. The molecule has 0 saturated heterocycles. The predicted octanol–water partition coefficient (Wildman–Crippen LogP) is 2.94. The molecule has 0 saturated carbocycles. The third-order valence-electron chi connectivity index (χ3n) is 2.17. The van der Waals surface area contributed by atoms with Crippen molar-refractivity contribution in [2.75, 3.05) is 0 Å². The van der Waals surface area contributed by atoms with E-state index in [1.54, 1.807) is 18.3 Å². The van der Waals surface area contributed by atoms with Crippen LogP contribution in [-0.4, -0.2) is 12.1 Å². The van der Waals surface area contributed by atoms with Crippen LogP contribution in [0.15, 0.2) is 29.3 Å². The first kappa shape index (κ1) is 11.6. The Labute approximate surface area is 88.8 Å². The molecule has 1 aromatic carbocycles. The van der Waals surface area contributed by atoms with Crippen LogP contribution in [-0.2, 0) is 4.79 Å². The highest BCUT2D eigenvalue weighted by Gasteiger charge is 2.03. The van der Waals surface area contributed by atoms with Gasteiger partial charge in [0.15, 0.2) is 0 Å². The van der Waals surface area contributed by atoms with Gasteiger partial charge in [-0.15, -0.1) is 0 Å². The molecule has 0 N–H and O–H groups in total. The molecule has 0 bridgehead atoms. The van der Waals surface area contributed by atoms with Crippen molar-refractivity contribution in [3.8, 4) is 0 Å². The number of rotatable bonds is 3. The summed E-state index contributed by atoms with van der Waals surface area (Å²) >= 11 is 0. The molecule has 0 aromatic heterocycles. The van der Waals surface area contributed by atoms with E-state index in [2.05, 4.69) is 4.99 Å². The summed E-state index contributed by atoms with van der Waals surface area (Å²) in [7, 11) is 0. The Hall–Kier alpha value is -1.51. The number of hydrogen-bond acceptors (Lipinski definition) is 1. The van der Waals surface area contributed by atoms with Crippen LogP contribution in [0.4, 0.5) is 4.39 Å². The molecule has 0 fully saturated rings. The second kappa shape index (κ2) is 5.39. The van der Waals surface area contributed by atoms with Gasteiger partial charge in [-0.05, 0) is 30.0 Å². The zero-order valence-electron chi connectivity index (χ0n) is 8.90. The highest BCUT2D eigenvalue weighted by Crippen LogP contribution is 2.17. The van der Waals surface area contributed by atoms with E-state index >= 15 is 0 Å². The lowest BCUT2D eigenvalue weighted by molar-refractivity contribution is -0.115. The number of amides is 1. The van der Waals surface area contributed by atoms with E-state index in [-0.39, 0.29) is 17.6 Å². The monoisotopic (exact) mass is 207 g/mol. The molecule has 0 aliphatic carbocycles. The zero-order valence-corrected chi connectivity index (χ0v) is 8.90. The Bertz CT molecular complexity index is 356. The maximum atomic E-state index is 12.6. The van der Waals surface area contributed by atoms with Crippen molar-refractivity contribution in [2.24, 2.45) is 4.99 Å². The number of hydrogen-bond donors (Lipinski definition) is 0. The summed E-state index contributed by atoms with van der Waals surface area (Å²) in [5.74, 6) is -0.182. The Kier molecular flexibility index (Phi) is 4.16. The molecule has 0 heterocycles. The summed E-state index contributed by atoms with van der Waals surface area (Å²) in [6.45, 7) is 3.43. The average Bonchev–Trinajstić information content (AvgIpc) is 2.18. The molecule has 0 spiro atoms. The summed E-state index contributed by atoms with van der Waals surface area (Å²) < 4.78 is 12.6. The minimum atomic E-state index is -0.233. The SMILES string of the molecule is CC(=O)N=CCC(C)c1ccc(F)cc1. The smallest absolute Gasteiger partial charge is 0.242 e. The molecule has 15 heavy (non-hydrogen) atoms. The number of carbonyl (C=O) groups is 1. The molecular formula is C12H14FNO. The number of halogens is 1. The third kappa shape index (κ3) is 4.02. The van der Waals surface area contributed by atoms with Crippen LogP contribution >= 0.6 is 0 Å². The minimum Gasteiger partial charge on any atom is -0.273 e. The lowest BCUT2D eigenvalue weighted by Gasteiger charge is -2.07. The van der Waals surface area contributed by atoms with Gasteiger partial charge in [0, 0.05) is 13.1 Å². The van der Waals surface area contributed by atoms with Crippen molar-refractivity contribution >= 4 is 12.1 Å². The highest BCUT2D eigenvalue weighted by molar-refractivity contribution is 5.83. The first-order valence-corrected chi connectivity index (χ1v) is 4.88. The average molecular weight is 207 g/mol. The van der Waals surface area contributed by atoms with Crippen LogP contribution in [0.5, 0.6) is 0 Å². The van der Waals surface area contributed by atoms with Crippen molar-refractivity contribution in [2.45, 2.75) is 26.2 Å². The van der Waals surface area contributed by atoms with Crippen LogP contribution < -0.4 is 0 Å². The van der Waals surface area contributed by atoms with Crippen molar-refractivity contribution in [1.29, 1.82) is 0 Å². The summed E-state index contributed by atoms with van der Waals surface area (Å²) in [6, 6.07) is 6.38. The van der Waals surface area contributed by atoms with Crippen LogP contribution in [0, 0.1) is 5.82 Å². The molecule has 1 aromatic rings.